The van der Waals surface area contributed by atoms with Gasteiger partial charge in [-0.25, -0.2) is 0 Å². The van der Waals surface area contributed by atoms with Crippen molar-refractivity contribution < 1.29 is 14.6 Å². The van der Waals surface area contributed by atoms with Gasteiger partial charge in [-0.3, -0.25) is 4.79 Å². The van der Waals surface area contributed by atoms with Crippen LogP contribution in [0.2, 0.25) is 0 Å². The van der Waals surface area contributed by atoms with Crippen molar-refractivity contribution in [2.24, 2.45) is 0 Å². The Morgan fingerprint density at radius 3 is 2.54 bits per heavy atom. The van der Waals surface area contributed by atoms with E-state index in [4.69, 9.17) is 4.74 Å². The number of carbonyl (C=O) groups is 1. The van der Waals surface area contributed by atoms with E-state index in [0.717, 1.165) is 20.4 Å². The van der Waals surface area contributed by atoms with Crippen molar-refractivity contribution in [1.82, 2.24) is 5.32 Å². The van der Waals surface area contributed by atoms with E-state index in [1.165, 1.54) is 22.7 Å². The molecule has 0 aliphatic carbocycles. The standard InChI is InChI=1S/C20H21NO3S2/c1-13(2)24-15-7-5-14(6-8-15)20(23)21-12-16-9-10-18(26-16)19(22)17-4-3-11-25-17/h3-11,13,19,22H,12H2,1-2H3,(H,21,23)/t19-/m1/s1. The van der Waals surface area contributed by atoms with Crippen LogP contribution in [0.15, 0.2) is 53.9 Å². The quantitative estimate of drug-likeness (QED) is 0.622. The van der Waals surface area contributed by atoms with Crippen molar-refractivity contribution in [3.05, 3.63) is 74.1 Å². The molecule has 26 heavy (non-hydrogen) atoms. The molecule has 0 saturated heterocycles. The Bertz CT molecular complexity index is 838. The minimum absolute atomic E-state index is 0.104. The topological polar surface area (TPSA) is 58.6 Å². The molecule has 1 aromatic carbocycles. The van der Waals surface area contributed by atoms with Gasteiger partial charge in [0.2, 0.25) is 0 Å². The van der Waals surface area contributed by atoms with Gasteiger partial charge in [-0.15, -0.1) is 22.7 Å². The van der Waals surface area contributed by atoms with Crippen molar-refractivity contribution in [3.63, 3.8) is 0 Å². The normalized spacial score (nSPS) is 12.2. The molecule has 0 aliphatic rings. The van der Waals surface area contributed by atoms with Crippen LogP contribution in [0.4, 0.5) is 0 Å². The second-order valence-electron chi connectivity index (χ2n) is 6.10. The first kappa shape index (κ1) is 18.6. The maximum atomic E-state index is 12.3. The number of ether oxygens (including phenoxy) is 1. The fourth-order valence-electron chi connectivity index (χ4n) is 2.45. The highest BCUT2D eigenvalue weighted by Crippen LogP contribution is 2.30. The molecule has 0 unspecified atom stereocenters. The fourth-order valence-corrected chi connectivity index (χ4v) is 4.21. The van der Waals surface area contributed by atoms with Gasteiger partial charge in [-0.05, 0) is 61.7 Å². The first-order chi connectivity index (χ1) is 12.5. The number of amides is 1. The van der Waals surface area contributed by atoms with E-state index < -0.39 is 6.10 Å². The van der Waals surface area contributed by atoms with Crippen LogP contribution in [0.3, 0.4) is 0 Å². The van der Waals surface area contributed by atoms with E-state index >= 15 is 0 Å². The lowest BCUT2D eigenvalue weighted by atomic mass is 10.2. The number of carbonyl (C=O) groups excluding carboxylic acids is 1. The Morgan fingerprint density at radius 1 is 1.12 bits per heavy atom. The largest absolute Gasteiger partial charge is 0.491 e. The molecule has 1 atom stereocenters. The Hall–Kier alpha value is -2.15. The van der Waals surface area contributed by atoms with Gasteiger partial charge in [0.05, 0.1) is 12.6 Å². The van der Waals surface area contributed by atoms with Gasteiger partial charge in [-0.1, -0.05) is 6.07 Å². The highest BCUT2D eigenvalue weighted by molar-refractivity contribution is 7.12. The van der Waals surface area contributed by atoms with Gasteiger partial charge in [0.1, 0.15) is 11.9 Å². The van der Waals surface area contributed by atoms with Crippen LogP contribution >= 0.6 is 22.7 Å². The minimum Gasteiger partial charge on any atom is -0.491 e. The third-order valence-electron chi connectivity index (χ3n) is 3.68. The zero-order chi connectivity index (χ0) is 18.5. The third kappa shape index (κ3) is 4.72. The molecule has 2 N–H and O–H groups in total. The van der Waals surface area contributed by atoms with E-state index in [2.05, 4.69) is 5.32 Å². The molecule has 2 heterocycles. The molecular formula is C20H21NO3S2. The summed E-state index contributed by atoms with van der Waals surface area (Å²) in [4.78, 5) is 15.1. The zero-order valence-electron chi connectivity index (χ0n) is 14.6. The molecule has 2 aromatic heterocycles. The first-order valence-corrected chi connectivity index (χ1v) is 10.1. The second-order valence-corrected chi connectivity index (χ2v) is 8.27. The average molecular weight is 388 g/mol. The lowest BCUT2D eigenvalue weighted by molar-refractivity contribution is 0.0951. The smallest absolute Gasteiger partial charge is 0.251 e. The second kappa shape index (κ2) is 8.49. The predicted molar refractivity (Wildman–Crippen MR) is 106 cm³/mol. The number of aliphatic hydroxyl groups excluding tert-OH is 1. The van der Waals surface area contributed by atoms with Gasteiger partial charge in [0.25, 0.3) is 5.91 Å². The number of benzene rings is 1. The van der Waals surface area contributed by atoms with Crippen molar-refractivity contribution in [2.75, 3.05) is 0 Å². The number of hydrogen-bond acceptors (Lipinski definition) is 5. The highest BCUT2D eigenvalue weighted by Gasteiger charge is 2.14. The maximum Gasteiger partial charge on any atom is 0.251 e. The van der Waals surface area contributed by atoms with Crippen LogP contribution in [0.1, 0.15) is 44.9 Å². The highest BCUT2D eigenvalue weighted by atomic mass is 32.1. The predicted octanol–water partition coefficient (Wildman–Crippen LogP) is 4.61. The fraction of sp³-hybridized carbons (Fsp3) is 0.250. The maximum absolute atomic E-state index is 12.3. The van der Waals surface area contributed by atoms with E-state index in [9.17, 15) is 9.90 Å². The summed E-state index contributed by atoms with van der Waals surface area (Å²) in [7, 11) is 0. The van der Waals surface area contributed by atoms with Crippen LogP contribution in [-0.4, -0.2) is 17.1 Å². The molecule has 0 radical (unpaired) electrons. The van der Waals surface area contributed by atoms with Crippen molar-refractivity contribution in [3.8, 4) is 5.75 Å². The molecule has 1 amide bonds. The summed E-state index contributed by atoms with van der Waals surface area (Å²) in [5.74, 6) is 0.622. The van der Waals surface area contributed by atoms with Gasteiger partial charge in [0, 0.05) is 20.2 Å². The summed E-state index contributed by atoms with van der Waals surface area (Å²) < 4.78 is 5.58. The molecule has 0 spiro atoms. The van der Waals surface area contributed by atoms with E-state index in [-0.39, 0.29) is 12.0 Å². The summed E-state index contributed by atoms with van der Waals surface area (Å²) >= 11 is 3.04. The van der Waals surface area contributed by atoms with Gasteiger partial charge in [0.15, 0.2) is 0 Å². The summed E-state index contributed by atoms with van der Waals surface area (Å²) in [6.45, 7) is 4.36. The third-order valence-corrected chi connectivity index (χ3v) is 5.74. The lowest BCUT2D eigenvalue weighted by Gasteiger charge is -2.10. The molecule has 0 aliphatic heterocycles. The molecule has 4 nitrogen and oxygen atoms in total. The molecule has 0 bridgehead atoms. The van der Waals surface area contributed by atoms with E-state index in [0.29, 0.717) is 12.1 Å². The number of thiophene rings is 2. The average Bonchev–Trinajstić information content (AvgIpc) is 3.31. The summed E-state index contributed by atoms with van der Waals surface area (Å²) in [5.41, 5.74) is 0.594. The van der Waals surface area contributed by atoms with Crippen LogP contribution in [0, 0.1) is 0 Å². The first-order valence-electron chi connectivity index (χ1n) is 8.38. The van der Waals surface area contributed by atoms with Crippen LogP contribution in [0.25, 0.3) is 0 Å². The zero-order valence-corrected chi connectivity index (χ0v) is 16.3. The Labute approximate surface area is 161 Å². The van der Waals surface area contributed by atoms with Gasteiger partial charge >= 0.3 is 0 Å². The number of rotatable bonds is 7. The Morgan fingerprint density at radius 2 is 1.88 bits per heavy atom. The molecule has 6 heteroatoms. The molecule has 3 aromatic rings. The van der Waals surface area contributed by atoms with Gasteiger partial charge < -0.3 is 15.2 Å². The van der Waals surface area contributed by atoms with E-state index in [1.807, 2.05) is 43.5 Å². The molecule has 136 valence electrons. The van der Waals surface area contributed by atoms with Crippen molar-refractivity contribution >= 4 is 28.6 Å². The summed E-state index contributed by atoms with van der Waals surface area (Å²) in [6, 6.07) is 14.8. The van der Waals surface area contributed by atoms with Gasteiger partial charge in [-0.2, -0.15) is 0 Å². The van der Waals surface area contributed by atoms with Crippen LogP contribution < -0.4 is 10.1 Å². The summed E-state index contributed by atoms with van der Waals surface area (Å²) in [6.07, 6.45) is -0.495. The van der Waals surface area contributed by atoms with Crippen molar-refractivity contribution in [2.45, 2.75) is 32.6 Å². The summed E-state index contributed by atoms with van der Waals surface area (Å²) in [5, 5.41) is 15.2. The van der Waals surface area contributed by atoms with Crippen molar-refractivity contribution in [1.29, 1.82) is 0 Å². The number of aliphatic hydroxyl groups is 1. The Kier molecular flexibility index (Phi) is 6.08. The molecular weight excluding hydrogens is 366 g/mol. The van der Waals surface area contributed by atoms with Crippen LogP contribution in [-0.2, 0) is 6.54 Å². The molecule has 0 saturated carbocycles. The SMILES string of the molecule is CC(C)Oc1ccc(C(=O)NCc2ccc([C@H](O)c3cccs3)s2)cc1. The molecule has 3 rings (SSSR count). The minimum atomic E-state index is -0.599. The lowest BCUT2D eigenvalue weighted by Crippen LogP contribution is -2.22. The Balaban J connectivity index is 1.56. The number of nitrogens with one attached hydrogen (secondary N) is 1. The van der Waals surface area contributed by atoms with E-state index in [1.54, 1.807) is 24.3 Å². The molecule has 0 fully saturated rings. The van der Waals surface area contributed by atoms with Crippen LogP contribution in [0.5, 0.6) is 5.75 Å². The number of hydrogen-bond donors (Lipinski definition) is 2. The monoisotopic (exact) mass is 387 g/mol.